The van der Waals surface area contributed by atoms with Crippen LogP contribution in [0.5, 0.6) is 5.88 Å². The zero-order valence-corrected chi connectivity index (χ0v) is 16.1. The van der Waals surface area contributed by atoms with Gasteiger partial charge in [0, 0.05) is 24.7 Å². The van der Waals surface area contributed by atoms with Crippen LogP contribution < -0.4 is 4.74 Å². The molecule has 0 saturated carbocycles. The first-order chi connectivity index (χ1) is 13.7. The van der Waals surface area contributed by atoms with E-state index < -0.39 is 0 Å². The van der Waals surface area contributed by atoms with Crippen molar-refractivity contribution >= 4 is 16.9 Å². The van der Waals surface area contributed by atoms with Crippen molar-refractivity contribution in [3.8, 4) is 5.88 Å². The Morgan fingerprint density at radius 2 is 2.11 bits per heavy atom. The average molecular weight is 376 g/mol. The minimum Gasteiger partial charge on any atom is -0.480 e. The molecular weight excluding hydrogens is 352 g/mol. The predicted molar refractivity (Wildman–Crippen MR) is 107 cm³/mol. The number of nitrogens with zero attached hydrogens (tertiary/aromatic N) is 3. The number of fused-ring (bicyclic) bond motifs is 2. The van der Waals surface area contributed by atoms with Gasteiger partial charge in [0.2, 0.25) is 5.88 Å². The Morgan fingerprint density at radius 1 is 1.21 bits per heavy atom. The van der Waals surface area contributed by atoms with Crippen LogP contribution in [0.2, 0.25) is 0 Å². The maximum absolute atomic E-state index is 13.3. The van der Waals surface area contributed by atoms with E-state index in [2.05, 4.69) is 9.97 Å². The minimum atomic E-state index is 0.0138. The van der Waals surface area contributed by atoms with E-state index in [-0.39, 0.29) is 11.8 Å². The van der Waals surface area contributed by atoms with Gasteiger partial charge < -0.3 is 14.6 Å². The summed E-state index contributed by atoms with van der Waals surface area (Å²) in [5.41, 5.74) is 4.88. The molecule has 5 rings (SSSR count). The van der Waals surface area contributed by atoms with Crippen LogP contribution in [0.15, 0.2) is 30.3 Å². The number of pyridine rings is 1. The Morgan fingerprint density at radius 3 is 2.96 bits per heavy atom. The third kappa shape index (κ3) is 2.93. The van der Waals surface area contributed by atoms with E-state index in [1.165, 1.54) is 5.56 Å². The van der Waals surface area contributed by atoms with E-state index in [0.29, 0.717) is 18.0 Å². The van der Waals surface area contributed by atoms with Crippen molar-refractivity contribution in [2.24, 2.45) is 0 Å². The number of H-pyrrole nitrogens is 1. The number of carbonyl (C=O) groups excluding carboxylic acids is 1. The third-order valence-corrected chi connectivity index (χ3v) is 5.94. The van der Waals surface area contributed by atoms with Gasteiger partial charge in [-0.2, -0.15) is 0 Å². The number of carbonyl (C=O) groups is 1. The van der Waals surface area contributed by atoms with Crippen LogP contribution in [0.4, 0.5) is 0 Å². The molecule has 1 fully saturated rings. The molecule has 3 heterocycles. The molecular formula is C22H24N4O2. The molecule has 0 spiro atoms. The summed E-state index contributed by atoms with van der Waals surface area (Å²) in [6.07, 6.45) is 5.06. The smallest absolute Gasteiger partial charge is 0.259 e. The fraction of sp³-hybridized carbons (Fsp3) is 0.409. The van der Waals surface area contributed by atoms with Crippen LogP contribution in [0.1, 0.15) is 52.6 Å². The number of nitrogens with one attached hydrogen (secondary N) is 1. The van der Waals surface area contributed by atoms with Gasteiger partial charge in [-0.25, -0.2) is 9.97 Å². The molecule has 1 atom stereocenters. The number of rotatable bonds is 3. The Bertz CT molecular complexity index is 1010. The summed E-state index contributed by atoms with van der Waals surface area (Å²) in [6, 6.07) is 10.1. The van der Waals surface area contributed by atoms with Crippen molar-refractivity contribution in [2.75, 3.05) is 20.2 Å². The molecule has 0 radical (unpaired) electrons. The topological polar surface area (TPSA) is 71.1 Å². The number of aromatic nitrogens is 3. The number of benzene rings is 1. The molecule has 1 saturated heterocycles. The number of aromatic amines is 1. The van der Waals surface area contributed by atoms with E-state index in [0.717, 1.165) is 61.2 Å². The summed E-state index contributed by atoms with van der Waals surface area (Å²) >= 11 is 0. The zero-order valence-electron chi connectivity index (χ0n) is 16.1. The summed E-state index contributed by atoms with van der Waals surface area (Å²) in [4.78, 5) is 28.0. The lowest BCUT2D eigenvalue weighted by molar-refractivity contribution is 0.0700. The molecule has 6 nitrogen and oxygen atoms in total. The molecule has 1 aromatic carbocycles. The lowest BCUT2D eigenvalue weighted by atomic mass is 9.96. The van der Waals surface area contributed by atoms with Gasteiger partial charge in [0.15, 0.2) is 0 Å². The van der Waals surface area contributed by atoms with Gasteiger partial charge in [0.25, 0.3) is 5.91 Å². The van der Waals surface area contributed by atoms with Gasteiger partial charge in [-0.05, 0) is 55.9 Å². The molecule has 144 valence electrons. The van der Waals surface area contributed by atoms with Crippen molar-refractivity contribution in [1.82, 2.24) is 19.9 Å². The highest BCUT2D eigenvalue weighted by molar-refractivity contribution is 5.96. The molecule has 28 heavy (non-hydrogen) atoms. The molecule has 1 amide bonds. The van der Waals surface area contributed by atoms with E-state index in [1.54, 1.807) is 7.11 Å². The summed E-state index contributed by atoms with van der Waals surface area (Å²) in [5.74, 6) is 1.66. The number of para-hydroxylation sites is 2. The molecule has 2 aliphatic rings. The van der Waals surface area contributed by atoms with E-state index in [1.807, 2.05) is 35.2 Å². The van der Waals surface area contributed by atoms with E-state index in [4.69, 9.17) is 9.72 Å². The second-order valence-corrected chi connectivity index (χ2v) is 7.73. The van der Waals surface area contributed by atoms with Crippen LogP contribution in [0.25, 0.3) is 11.0 Å². The number of hydrogen-bond donors (Lipinski definition) is 1. The first kappa shape index (κ1) is 17.2. The van der Waals surface area contributed by atoms with Gasteiger partial charge in [-0.3, -0.25) is 4.79 Å². The quantitative estimate of drug-likeness (QED) is 0.760. The lowest BCUT2D eigenvalue weighted by Gasteiger charge is -2.32. The zero-order chi connectivity index (χ0) is 19.1. The average Bonchev–Trinajstić information content (AvgIpc) is 3.38. The molecule has 0 unspecified atom stereocenters. The van der Waals surface area contributed by atoms with Crippen LogP contribution in [0.3, 0.4) is 0 Å². The fourth-order valence-corrected chi connectivity index (χ4v) is 4.48. The van der Waals surface area contributed by atoms with Crippen molar-refractivity contribution in [3.05, 3.63) is 53.0 Å². The molecule has 1 aliphatic heterocycles. The van der Waals surface area contributed by atoms with Crippen LogP contribution in [-0.2, 0) is 12.8 Å². The number of hydrogen-bond acceptors (Lipinski definition) is 4. The van der Waals surface area contributed by atoms with Gasteiger partial charge in [-0.1, -0.05) is 12.1 Å². The van der Waals surface area contributed by atoms with Gasteiger partial charge in [-0.15, -0.1) is 0 Å². The summed E-state index contributed by atoms with van der Waals surface area (Å²) in [6.45, 7) is 1.43. The second kappa shape index (κ2) is 6.93. The van der Waals surface area contributed by atoms with Crippen LogP contribution in [0, 0.1) is 0 Å². The third-order valence-electron chi connectivity index (χ3n) is 5.94. The summed E-state index contributed by atoms with van der Waals surface area (Å²) < 4.78 is 5.46. The second-order valence-electron chi connectivity index (χ2n) is 7.73. The first-order valence-corrected chi connectivity index (χ1v) is 10.0. The standard InChI is InChI=1S/C22H24N4O2/c1-28-21-16(12-14-6-4-10-17(14)25-21)22(27)26-11-5-7-15(13-26)20-23-18-8-2-3-9-19(18)24-20/h2-3,8-9,12,15H,4-7,10-11,13H2,1H3,(H,23,24)/t15-/m1/s1. The maximum atomic E-state index is 13.3. The van der Waals surface area contributed by atoms with Crippen molar-refractivity contribution < 1.29 is 9.53 Å². The van der Waals surface area contributed by atoms with Gasteiger partial charge in [0.1, 0.15) is 11.4 Å². The summed E-state index contributed by atoms with van der Waals surface area (Å²) in [5, 5.41) is 0. The summed E-state index contributed by atoms with van der Waals surface area (Å²) in [7, 11) is 1.59. The van der Waals surface area contributed by atoms with Gasteiger partial charge in [0.05, 0.1) is 18.1 Å². The normalized spacial score (nSPS) is 19.0. The highest BCUT2D eigenvalue weighted by atomic mass is 16.5. The molecule has 1 N–H and O–H groups in total. The van der Waals surface area contributed by atoms with Crippen molar-refractivity contribution in [1.29, 1.82) is 0 Å². The first-order valence-electron chi connectivity index (χ1n) is 10.0. The molecule has 0 bridgehead atoms. The van der Waals surface area contributed by atoms with Crippen LogP contribution >= 0.6 is 0 Å². The highest BCUT2D eigenvalue weighted by Gasteiger charge is 2.30. The monoisotopic (exact) mass is 376 g/mol. The van der Waals surface area contributed by atoms with Crippen LogP contribution in [-0.4, -0.2) is 46.0 Å². The highest BCUT2D eigenvalue weighted by Crippen LogP contribution is 2.31. The number of piperidine rings is 1. The molecule has 6 heteroatoms. The number of amides is 1. The minimum absolute atomic E-state index is 0.0138. The Hall–Kier alpha value is -2.89. The number of methoxy groups -OCH3 is 1. The number of likely N-dealkylation sites (tertiary alicyclic amines) is 1. The van der Waals surface area contributed by atoms with Crippen molar-refractivity contribution in [2.45, 2.75) is 38.0 Å². The predicted octanol–water partition coefficient (Wildman–Crippen LogP) is 3.48. The van der Waals surface area contributed by atoms with Gasteiger partial charge >= 0.3 is 0 Å². The largest absolute Gasteiger partial charge is 0.480 e. The van der Waals surface area contributed by atoms with E-state index in [9.17, 15) is 4.79 Å². The van der Waals surface area contributed by atoms with Crippen molar-refractivity contribution in [3.63, 3.8) is 0 Å². The van der Waals surface area contributed by atoms with E-state index >= 15 is 0 Å². The number of ether oxygens (including phenoxy) is 1. The molecule has 2 aromatic heterocycles. The lowest BCUT2D eigenvalue weighted by Crippen LogP contribution is -2.39. The Kier molecular flexibility index (Phi) is 4.26. The maximum Gasteiger partial charge on any atom is 0.259 e. The number of aryl methyl sites for hydroxylation is 2. The number of imidazole rings is 1. The fourth-order valence-electron chi connectivity index (χ4n) is 4.48. The Labute approximate surface area is 163 Å². The SMILES string of the molecule is COc1nc2c(cc1C(=O)N1CCC[C@@H](c3nc4ccccc4[nH]3)C1)CCC2. The Balaban J connectivity index is 1.41. The molecule has 3 aromatic rings. The molecule has 1 aliphatic carbocycles.